The number of hydrogen-bond donors (Lipinski definition) is 2. The van der Waals surface area contributed by atoms with E-state index in [0.29, 0.717) is 5.69 Å². The molecule has 3 N–H and O–H groups in total. The summed E-state index contributed by atoms with van der Waals surface area (Å²) in [5.74, 6) is -1.05. The summed E-state index contributed by atoms with van der Waals surface area (Å²) in [4.78, 5) is 12.0. The highest BCUT2D eigenvalue weighted by molar-refractivity contribution is 9.10. The minimum absolute atomic E-state index is 0.116. The molecular weight excluding hydrogens is 299 g/mol. The smallest absolute Gasteiger partial charge is 0.257 e. The van der Waals surface area contributed by atoms with Gasteiger partial charge in [-0.2, -0.15) is 0 Å². The van der Waals surface area contributed by atoms with Crippen molar-refractivity contribution in [2.75, 3.05) is 11.1 Å². The normalized spacial score (nSPS) is 10.1. The molecule has 0 aliphatic rings. The maximum Gasteiger partial charge on any atom is 0.257 e. The molecule has 5 heteroatoms. The standard InChI is InChI=1S/C13H10BrFN2O/c14-9-5-1-2-7-11(9)17-13(18)8-4-3-6-10(15)12(8)16/h1-7H,16H2,(H,17,18). The van der Waals surface area contributed by atoms with Crippen LogP contribution in [0.2, 0.25) is 0 Å². The summed E-state index contributed by atoms with van der Waals surface area (Å²) in [6.45, 7) is 0. The van der Waals surface area contributed by atoms with Crippen molar-refractivity contribution in [3.63, 3.8) is 0 Å². The summed E-state index contributed by atoms with van der Waals surface area (Å²) >= 11 is 3.31. The largest absolute Gasteiger partial charge is 0.396 e. The first-order chi connectivity index (χ1) is 8.59. The van der Waals surface area contributed by atoms with Gasteiger partial charge in [0.15, 0.2) is 0 Å². The number of amides is 1. The summed E-state index contributed by atoms with van der Waals surface area (Å²) in [7, 11) is 0. The van der Waals surface area contributed by atoms with Crippen LogP contribution in [0.4, 0.5) is 15.8 Å². The summed E-state index contributed by atoms with van der Waals surface area (Å²) in [5, 5.41) is 2.66. The van der Waals surface area contributed by atoms with Crippen LogP contribution < -0.4 is 11.1 Å². The second kappa shape index (κ2) is 5.18. The molecule has 0 radical (unpaired) electrons. The zero-order chi connectivity index (χ0) is 13.1. The van der Waals surface area contributed by atoms with E-state index in [-0.39, 0.29) is 11.3 Å². The van der Waals surface area contributed by atoms with E-state index in [2.05, 4.69) is 21.2 Å². The predicted molar refractivity (Wildman–Crippen MR) is 72.9 cm³/mol. The topological polar surface area (TPSA) is 55.1 Å². The van der Waals surface area contributed by atoms with Crippen LogP contribution in [0, 0.1) is 5.82 Å². The third-order valence-corrected chi connectivity index (χ3v) is 3.11. The Bertz CT molecular complexity index is 601. The fourth-order valence-corrected chi connectivity index (χ4v) is 1.87. The van der Waals surface area contributed by atoms with Crippen molar-refractivity contribution in [1.29, 1.82) is 0 Å². The van der Waals surface area contributed by atoms with Crippen LogP contribution >= 0.6 is 15.9 Å². The molecule has 0 spiro atoms. The van der Waals surface area contributed by atoms with E-state index in [4.69, 9.17) is 5.73 Å². The van der Waals surface area contributed by atoms with Crippen LogP contribution in [-0.2, 0) is 0 Å². The number of hydrogen-bond acceptors (Lipinski definition) is 2. The molecule has 92 valence electrons. The Kier molecular flexibility index (Phi) is 3.62. The van der Waals surface area contributed by atoms with Gasteiger partial charge in [0.2, 0.25) is 0 Å². The lowest BCUT2D eigenvalue weighted by Crippen LogP contribution is -2.15. The number of nitrogens with two attached hydrogens (primary N) is 1. The van der Waals surface area contributed by atoms with Gasteiger partial charge in [0.25, 0.3) is 5.91 Å². The summed E-state index contributed by atoms with van der Waals surface area (Å²) < 4.78 is 14.0. The molecule has 1 amide bonds. The Morgan fingerprint density at radius 3 is 2.61 bits per heavy atom. The van der Waals surface area contributed by atoms with Gasteiger partial charge in [0.1, 0.15) is 5.82 Å². The Morgan fingerprint density at radius 2 is 1.89 bits per heavy atom. The number of benzene rings is 2. The molecule has 0 aliphatic carbocycles. The Morgan fingerprint density at radius 1 is 1.17 bits per heavy atom. The van der Waals surface area contributed by atoms with E-state index >= 15 is 0 Å². The highest BCUT2D eigenvalue weighted by atomic mass is 79.9. The number of carbonyl (C=O) groups excluding carboxylic acids is 1. The van der Waals surface area contributed by atoms with E-state index in [1.807, 2.05) is 6.07 Å². The summed E-state index contributed by atoms with van der Waals surface area (Å²) in [5.41, 5.74) is 6.10. The number of halogens is 2. The van der Waals surface area contributed by atoms with E-state index in [1.165, 1.54) is 18.2 Å². The minimum Gasteiger partial charge on any atom is -0.396 e. The van der Waals surface area contributed by atoms with Gasteiger partial charge in [0, 0.05) is 4.47 Å². The lowest BCUT2D eigenvalue weighted by molar-refractivity contribution is 0.102. The lowest BCUT2D eigenvalue weighted by Gasteiger charge is -2.09. The second-order valence-electron chi connectivity index (χ2n) is 3.64. The minimum atomic E-state index is -0.602. The Hall–Kier alpha value is -1.88. The molecule has 0 fully saturated rings. The number of anilines is 2. The van der Waals surface area contributed by atoms with Gasteiger partial charge in [-0.25, -0.2) is 4.39 Å². The quantitative estimate of drug-likeness (QED) is 0.835. The van der Waals surface area contributed by atoms with Crippen LogP contribution in [-0.4, -0.2) is 5.91 Å². The first-order valence-corrected chi connectivity index (χ1v) is 5.99. The van der Waals surface area contributed by atoms with Gasteiger partial charge >= 0.3 is 0 Å². The first kappa shape index (κ1) is 12.6. The second-order valence-corrected chi connectivity index (χ2v) is 4.49. The molecule has 18 heavy (non-hydrogen) atoms. The molecule has 2 aromatic carbocycles. The molecule has 0 heterocycles. The maximum atomic E-state index is 13.2. The average Bonchev–Trinajstić information content (AvgIpc) is 2.35. The highest BCUT2D eigenvalue weighted by Crippen LogP contribution is 2.23. The number of nitrogen functional groups attached to an aromatic ring is 1. The van der Waals surface area contributed by atoms with Crippen molar-refractivity contribution >= 4 is 33.2 Å². The molecule has 2 rings (SSSR count). The van der Waals surface area contributed by atoms with Crippen molar-refractivity contribution in [2.24, 2.45) is 0 Å². The van der Waals surface area contributed by atoms with Gasteiger partial charge in [-0.15, -0.1) is 0 Å². The molecule has 2 aromatic rings. The van der Waals surface area contributed by atoms with Crippen molar-refractivity contribution < 1.29 is 9.18 Å². The van der Waals surface area contributed by atoms with E-state index < -0.39 is 11.7 Å². The Balaban J connectivity index is 2.28. The van der Waals surface area contributed by atoms with Crippen LogP contribution in [0.3, 0.4) is 0 Å². The molecule has 0 saturated carbocycles. The predicted octanol–water partition coefficient (Wildman–Crippen LogP) is 3.42. The molecule has 0 atom stereocenters. The number of carbonyl (C=O) groups is 1. The highest BCUT2D eigenvalue weighted by Gasteiger charge is 2.13. The van der Waals surface area contributed by atoms with Gasteiger partial charge in [-0.3, -0.25) is 4.79 Å². The van der Waals surface area contributed by atoms with Crippen molar-refractivity contribution in [3.05, 3.63) is 58.3 Å². The number of nitrogens with one attached hydrogen (secondary N) is 1. The van der Waals surface area contributed by atoms with Gasteiger partial charge in [0.05, 0.1) is 16.9 Å². The summed E-state index contributed by atoms with van der Waals surface area (Å²) in [6, 6.07) is 11.3. The fraction of sp³-hybridized carbons (Fsp3) is 0. The molecular formula is C13H10BrFN2O. The monoisotopic (exact) mass is 308 g/mol. The molecule has 0 saturated heterocycles. The third kappa shape index (κ3) is 2.51. The summed E-state index contributed by atoms with van der Waals surface area (Å²) in [6.07, 6.45) is 0. The third-order valence-electron chi connectivity index (χ3n) is 2.42. The molecule has 0 aliphatic heterocycles. The zero-order valence-corrected chi connectivity index (χ0v) is 10.9. The molecule has 0 bridgehead atoms. The van der Waals surface area contributed by atoms with Crippen molar-refractivity contribution in [3.8, 4) is 0 Å². The lowest BCUT2D eigenvalue weighted by atomic mass is 10.1. The van der Waals surface area contributed by atoms with Gasteiger partial charge < -0.3 is 11.1 Å². The van der Waals surface area contributed by atoms with Crippen molar-refractivity contribution in [1.82, 2.24) is 0 Å². The molecule has 0 unspecified atom stereocenters. The van der Waals surface area contributed by atoms with E-state index in [1.54, 1.807) is 18.2 Å². The van der Waals surface area contributed by atoms with Gasteiger partial charge in [-0.05, 0) is 40.2 Å². The SMILES string of the molecule is Nc1c(F)cccc1C(=O)Nc1ccccc1Br. The number of para-hydroxylation sites is 2. The van der Waals surface area contributed by atoms with Crippen molar-refractivity contribution in [2.45, 2.75) is 0 Å². The van der Waals surface area contributed by atoms with E-state index in [0.717, 1.165) is 4.47 Å². The Labute approximate surface area is 112 Å². The average molecular weight is 309 g/mol. The van der Waals surface area contributed by atoms with Gasteiger partial charge in [-0.1, -0.05) is 18.2 Å². The van der Waals surface area contributed by atoms with Crippen LogP contribution in [0.1, 0.15) is 10.4 Å². The maximum absolute atomic E-state index is 13.2. The molecule has 0 aromatic heterocycles. The first-order valence-electron chi connectivity index (χ1n) is 5.19. The van der Waals surface area contributed by atoms with Crippen LogP contribution in [0.5, 0.6) is 0 Å². The van der Waals surface area contributed by atoms with Crippen LogP contribution in [0.15, 0.2) is 46.9 Å². The fourth-order valence-electron chi connectivity index (χ4n) is 1.49. The van der Waals surface area contributed by atoms with E-state index in [9.17, 15) is 9.18 Å². The van der Waals surface area contributed by atoms with Crippen LogP contribution in [0.25, 0.3) is 0 Å². The molecule has 3 nitrogen and oxygen atoms in total. The zero-order valence-electron chi connectivity index (χ0n) is 9.28. The number of rotatable bonds is 2.